The maximum atomic E-state index is 12.5. The van der Waals surface area contributed by atoms with Crippen LogP contribution in [0.15, 0.2) is 42.5 Å². The number of piperidine rings is 1. The lowest BCUT2D eigenvalue weighted by Gasteiger charge is -2.31. The van der Waals surface area contributed by atoms with Crippen molar-refractivity contribution in [1.82, 2.24) is 4.90 Å². The van der Waals surface area contributed by atoms with Crippen LogP contribution in [-0.4, -0.2) is 51.8 Å². The van der Waals surface area contributed by atoms with Crippen LogP contribution in [0.3, 0.4) is 0 Å². The van der Waals surface area contributed by atoms with Crippen molar-refractivity contribution in [1.29, 1.82) is 0 Å². The van der Waals surface area contributed by atoms with E-state index in [4.69, 9.17) is 14.2 Å². The molecule has 6 nitrogen and oxygen atoms in total. The molecule has 3 rings (SSSR count). The molecular formula is C24H32N2O4. The van der Waals surface area contributed by atoms with Crippen LogP contribution in [0.2, 0.25) is 0 Å². The van der Waals surface area contributed by atoms with Crippen LogP contribution in [0.25, 0.3) is 0 Å². The first kappa shape index (κ1) is 22.0. The Hall–Kier alpha value is -2.73. The van der Waals surface area contributed by atoms with Gasteiger partial charge in [-0.2, -0.15) is 0 Å². The summed E-state index contributed by atoms with van der Waals surface area (Å²) in [5.74, 6) is 2.92. The Bertz CT molecular complexity index is 792. The SMILES string of the molecule is COc1ccc(CCC2CCN(CC(=O)Nc3cc(OC)cc(OC)c3)CC2)cc1. The van der Waals surface area contributed by atoms with Gasteiger partial charge in [0.2, 0.25) is 5.91 Å². The molecule has 0 aromatic heterocycles. The van der Waals surface area contributed by atoms with E-state index < -0.39 is 0 Å². The zero-order valence-corrected chi connectivity index (χ0v) is 18.1. The fourth-order valence-corrected chi connectivity index (χ4v) is 3.88. The van der Waals surface area contributed by atoms with Crippen LogP contribution in [0.5, 0.6) is 17.2 Å². The van der Waals surface area contributed by atoms with E-state index in [0.29, 0.717) is 29.6 Å². The molecule has 1 fully saturated rings. The number of ether oxygens (including phenoxy) is 3. The van der Waals surface area contributed by atoms with Gasteiger partial charge in [-0.25, -0.2) is 0 Å². The van der Waals surface area contributed by atoms with Gasteiger partial charge in [0.1, 0.15) is 17.2 Å². The predicted octanol–water partition coefficient (Wildman–Crippen LogP) is 4.00. The first-order valence-corrected chi connectivity index (χ1v) is 10.5. The van der Waals surface area contributed by atoms with Crippen LogP contribution in [0.4, 0.5) is 5.69 Å². The number of hydrogen-bond acceptors (Lipinski definition) is 5. The summed E-state index contributed by atoms with van der Waals surface area (Å²) in [7, 11) is 4.88. The first-order chi connectivity index (χ1) is 14.6. The maximum absolute atomic E-state index is 12.5. The third-order valence-corrected chi connectivity index (χ3v) is 5.71. The van der Waals surface area contributed by atoms with Gasteiger partial charge in [0.05, 0.1) is 27.9 Å². The molecule has 1 N–H and O–H groups in total. The van der Waals surface area contributed by atoms with Crippen LogP contribution < -0.4 is 19.5 Å². The van der Waals surface area contributed by atoms with Crippen molar-refractivity contribution in [3.8, 4) is 17.2 Å². The lowest BCUT2D eigenvalue weighted by molar-refractivity contribution is -0.117. The fraction of sp³-hybridized carbons (Fsp3) is 0.458. The van der Waals surface area contributed by atoms with Crippen molar-refractivity contribution in [3.05, 3.63) is 48.0 Å². The monoisotopic (exact) mass is 412 g/mol. The number of nitrogens with one attached hydrogen (secondary N) is 1. The first-order valence-electron chi connectivity index (χ1n) is 10.5. The lowest BCUT2D eigenvalue weighted by atomic mass is 9.90. The van der Waals surface area contributed by atoms with Crippen molar-refractivity contribution in [3.63, 3.8) is 0 Å². The summed E-state index contributed by atoms with van der Waals surface area (Å²) in [6.07, 6.45) is 4.55. The Balaban J connectivity index is 1.41. The van der Waals surface area contributed by atoms with Crippen molar-refractivity contribution >= 4 is 11.6 Å². The molecule has 0 aliphatic carbocycles. The smallest absolute Gasteiger partial charge is 0.238 e. The predicted molar refractivity (Wildman–Crippen MR) is 119 cm³/mol. The lowest BCUT2D eigenvalue weighted by Crippen LogP contribution is -2.39. The second-order valence-electron chi connectivity index (χ2n) is 7.76. The second kappa shape index (κ2) is 10.9. The highest BCUT2D eigenvalue weighted by Gasteiger charge is 2.21. The minimum Gasteiger partial charge on any atom is -0.497 e. The van der Waals surface area contributed by atoms with Crippen LogP contribution in [0.1, 0.15) is 24.8 Å². The minimum atomic E-state index is -0.0120. The van der Waals surface area contributed by atoms with Gasteiger partial charge >= 0.3 is 0 Å². The molecule has 2 aromatic carbocycles. The summed E-state index contributed by atoms with van der Waals surface area (Å²) in [6.45, 7) is 2.33. The van der Waals surface area contributed by atoms with E-state index >= 15 is 0 Å². The van der Waals surface area contributed by atoms with Gasteiger partial charge in [0.25, 0.3) is 0 Å². The van der Waals surface area contributed by atoms with Crippen LogP contribution >= 0.6 is 0 Å². The fourth-order valence-electron chi connectivity index (χ4n) is 3.88. The number of aryl methyl sites for hydroxylation is 1. The molecule has 0 bridgehead atoms. The summed E-state index contributed by atoms with van der Waals surface area (Å²) in [5.41, 5.74) is 2.04. The molecule has 1 saturated heterocycles. The third-order valence-electron chi connectivity index (χ3n) is 5.71. The largest absolute Gasteiger partial charge is 0.497 e. The normalized spacial score (nSPS) is 14.9. The molecule has 30 heavy (non-hydrogen) atoms. The maximum Gasteiger partial charge on any atom is 0.238 e. The number of carbonyl (C=O) groups is 1. The van der Waals surface area contributed by atoms with Crippen LogP contribution in [0, 0.1) is 5.92 Å². The summed E-state index contributed by atoms with van der Waals surface area (Å²) >= 11 is 0. The molecule has 1 aliphatic rings. The van der Waals surface area contributed by atoms with Gasteiger partial charge in [0.15, 0.2) is 0 Å². The highest BCUT2D eigenvalue weighted by Crippen LogP contribution is 2.26. The number of nitrogens with zero attached hydrogens (tertiary/aromatic N) is 1. The summed E-state index contributed by atoms with van der Waals surface area (Å²) in [6, 6.07) is 13.7. The number of amides is 1. The molecule has 0 unspecified atom stereocenters. The quantitative estimate of drug-likeness (QED) is 0.675. The molecule has 1 heterocycles. The second-order valence-corrected chi connectivity index (χ2v) is 7.76. The van der Waals surface area contributed by atoms with E-state index in [0.717, 1.165) is 38.1 Å². The number of rotatable bonds is 9. The molecule has 1 amide bonds. The number of carbonyl (C=O) groups excluding carboxylic acids is 1. The van der Waals surface area contributed by atoms with Crippen molar-refractivity contribution < 1.29 is 19.0 Å². The average molecular weight is 413 g/mol. The van der Waals surface area contributed by atoms with Gasteiger partial charge in [-0.1, -0.05) is 12.1 Å². The minimum absolute atomic E-state index is 0.0120. The summed E-state index contributed by atoms with van der Waals surface area (Å²) in [5, 5.41) is 2.96. The molecule has 0 radical (unpaired) electrons. The molecule has 0 spiro atoms. The molecule has 0 atom stereocenters. The highest BCUT2D eigenvalue weighted by molar-refractivity contribution is 5.92. The van der Waals surface area contributed by atoms with E-state index in [2.05, 4.69) is 22.3 Å². The van der Waals surface area contributed by atoms with E-state index in [1.165, 1.54) is 12.0 Å². The van der Waals surface area contributed by atoms with E-state index in [-0.39, 0.29) is 5.91 Å². The van der Waals surface area contributed by atoms with Gasteiger partial charge < -0.3 is 19.5 Å². The Labute approximate surface area is 179 Å². The molecular weight excluding hydrogens is 380 g/mol. The molecule has 162 valence electrons. The van der Waals surface area contributed by atoms with Crippen molar-refractivity contribution in [2.45, 2.75) is 25.7 Å². The van der Waals surface area contributed by atoms with Crippen molar-refractivity contribution in [2.75, 3.05) is 46.3 Å². The van der Waals surface area contributed by atoms with E-state index in [1.54, 1.807) is 39.5 Å². The molecule has 0 saturated carbocycles. The summed E-state index contributed by atoms with van der Waals surface area (Å²) < 4.78 is 15.7. The zero-order valence-electron chi connectivity index (χ0n) is 18.1. The van der Waals surface area contributed by atoms with Gasteiger partial charge in [-0.15, -0.1) is 0 Å². The van der Waals surface area contributed by atoms with Crippen molar-refractivity contribution in [2.24, 2.45) is 5.92 Å². The standard InChI is InChI=1S/C24H32N2O4/c1-28-21-8-6-18(7-9-21)4-5-19-10-12-26(13-11-19)17-24(27)25-20-14-22(29-2)16-23(15-20)30-3/h6-9,14-16,19H,4-5,10-13,17H2,1-3H3,(H,25,27). The number of benzene rings is 2. The number of anilines is 1. The number of methoxy groups -OCH3 is 3. The van der Waals surface area contributed by atoms with Gasteiger partial charge in [-0.05, 0) is 62.4 Å². The van der Waals surface area contributed by atoms with E-state index in [9.17, 15) is 4.79 Å². The Kier molecular flexibility index (Phi) is 7.97. The number of likely N-dealkylation sites (tertiary alicyclic amines) is 1. The van der Waals surface area contributed by atoms with Gasteiger partial charge in [0, 0.05) is 23.9 Å². The summed E-state index contributed by atoms with van der Waals surface area (Å²) in [4.78, 5) is 14.7. The van der Waals surface area contributed by atoms with Gasteiger partial charge in [-0.3, -0.25) is 9.69 Å². The van der Waals surface area contributed by atoms with E-state index in [1.807, 2.05) is 12.1 Å². The molecule has 1 aliphatic heterocycles. The average Bonchev–Trinajstić information content (AvgIpc) is 2.78. The topological polar surface area (TPSA) is 60.0 Å². The van der Waals surface area contributed by atoms with Crippen LogP contribution in [-0.2, 0) is 11.2 Å². The Morgan fingerprint density at radius 3 is 2.10 bits per heavy atom. The Morgan fingerprint density at radius 2 is 1.53 bits per heavy atom. The number of hydrogen-bond donors (Lipinski definition) is 1. The molecule has 6 heteroatoms. The zero-order chi connectivity index (χ0) is 21.3. The third kappa shape index (κ3) is 6.39. The highest BCUT2D eigenvalue weighted by atomic mass is 16.5. The molecule has 2 aromatic rings. The Morgan fingerprint density at radius 1 is 0.933 bits per heavy atom.